The van der Waals surface area contributed by atoms with Crippen LogP contribution in [-0.2, 0) is 6.42 Å². The molecule has 1 aliphatic rings. The van der Waals surface area contributed by atoms with Crippen LogP contribution in [0.3, 0.4) is 0 Å². The predicted molar refractivity (Wildman–Crippen MR) is 76.1 cm³/mol. The van der Waals surface area contributed by atoms with E-state index in [0.717, 1.165) is 0 Å². The summed E-state index contributed by atoms with van der Waals surface area (Å²) >= 11 is 0. The van der Waals surface area contributed by atoms with Crippen molar-refractivity contribution in [1.82, 2.24) is 5.32 Å². The van der Waals surface area contributed by atoms with Crippen molar-refractivity contribution < 1.29 is 0 Å². The van der Waals surface area contributed by atoms with Gasteiger partial charge in [0.15, 0.2) is 0 Å². The Morgan fingerprint density at radius 1 is 0.944 bits per heavy atom. The van der Waals surface area contributed by atoms with Crippen molar-refractivity contribution in [2.75, 3.05) is 0 Å². The Balaban J connectivity index is 1.67. The fourth-order valence-corrected chi connectivity index (χ4v) is 2.55. The molecule has 1 aliphatic carbocycles. The van der Waals surface area contributed by atoms with Gasteiger partial charge in [-0.05, 0) is 41.8 Å². The molecule has 1 N–H and O–H groups in total. The highest BCUT2D eigenvalue weighted by Gasteiger charge is 2.19. The maximum atomic E-state index is 3.51. The Morgan fingerprint density at radius 2 is 1.72 bits per heavy atom. The minimum atomic E-state index is 0.473. The number of fused-ring (bicyclic) bond motifs is 1. The maximum absolute atomic E-state index is 3.51. The fraction of sp³-hybridized carbons (Fsp3) is 0.176. The second-order valence-electron chi connectivity index (χ2n) is 4.70. The second kappa shape index (κ2) is 5.09. The molecule has 3 rings (SSSR count). The Bertz CT molecular complexity index is 543. The van der Waals surface area contributed by atoms with Crippen molar-refractivity contribution in [1.29, 1.82) is 0 Å². The minimum absolute atomic E-state index is 0.473. The van der Waals surface area contributed by atoms with E-state index in [9.17, 15) is 0 Å². The van der Waals surface area contributed by atoms with Crippen LogP contribution in [0.2, 0.25) is 0 Å². The summed E-state index contributed by atoms with van der Waals surface area (Å²) in [4.78, 5) is 0. The molecule has 0 heterocycles. The van der Waals surface area contributed by atoms with Gasteiger partial charge in [0.05, 0.1) is 6.04 Å². The van der Waals surface area contributed by atoms with E-state index in [0.29, 0.717) is 6.04 Å². The Hall–Kier alpha value is -2.02. The van der Waals surface area contributed by atoms with Crippen LogP contribution >= 0.6 is 0 Å². The molecule has 1 heteroatoms. The Kier molecular flexibility index (Phi) is 3.14. The van der Waals surface area contributed by atoms with Crippen LogP contribution in [-0.4, -0.2) is 0 Å². The van der Waals surface area contributed by atoms with E-state index in [2.05, 4.69) is 66.1 Å². The van der Waals surface area contributed by atoms with Crippen LogP contribution in [0.15, 0.2) is 60.8 Å². The van der Waals surface area contributed by atoms with E-state index in [4.69, 9.17) is 0 Å². The van der Waals surface area contributed by atoms with Gasteiger partial charge in [-0.1, -0.05) is 54.6 Å². The van der Waals surface area contributed by atoms with Gasteiger partial charge in [-0.2, -0.15) is 0 Å². The second-order valence-corrected chi connectivity index (χ2v) is 4.70. The first-order chi connectivity index (χ1) is 8.93. The first-order valence-corrected chi connectivity index (χ1v) is 6.49. The van der Waals surface area contributed by atoms with E-state index in [-0.39, 0.29) is 0 Å². The van der Waals surface area contributed by atoms with Gasteiger partial charge in [-0.3, -0.25) is 0 Å². The summed E-state index contributed by atoms with van der Waals surface area (Å²) in [7, 11) is 0. The van der Waals surface area contributed by atoms with Crippen molar-refractivity contribution in [3.05, 3.63) is 77.5 Å². The van der Waals surface area contributed by atoms with E-state index >= 15 is 0 Å². The van der Waals surface area contributed by atoms with Crippen LogP contribution < -0.4 is 5.32 Å². The number of aryl methyl sites for hydroxylation is 1. The lowest BCUT2D eigenvalue weighted by Crippen LogP contribution is -2.11. The van der Waals surface area contributed by atoms with Gasteiger partial charge in [0.1, 0.15) is 0 Å². The van der Waals surface area contributed by atoms with Crippen molar-refractivity contribution in [3.63, 3.8) is 0 Å². The monoisotopic (exact) mass is 235 g/mol. The molecule has 0 fully saturated rings. The van der Waals surface area contributed by atoms with Gasteiger partial charge >= 0.3 is 0 Å². The molecule has 0 radical (unpaired) electrons. The zero-order valence-corrected chi connectivity index (χ0v) is 10.3. The zero-order valence-electron chi connectivity index (χ0n) is 10.3. The predicted octanol–water partition coefficient (Wildman–Crippen LogP) is 3.93. The molecule has 18 heavy (non-hydrogen) atoms. The molecule has 0 saturated heterocycles. The van der Waals surface area contributed by atoms with Gasteiger partial charge in [0.2, 0.25) is 0 Å². The quantitative estimate of drug-likeness (QED) is 0.849. The van der Waals surface area contributed by atoms with E-state index in [1.165, 1.54) is 29.5 Å². The molecule has 90 valence electrons. The standard InChI is InChI=1S/C17H17N/c1-2-6-14(7-3-1)12-13-18-17-11-10-15-8-4-5-9-16(15)17/h1-9,12-13,17-18H,10-11H2/t17-/m1/s1. The third-order valence-corrected chi connectivity index (χ3v) is 3.51. The molecule has 0 aromatic heterocycles. The van der Waals surface area contributed by atoms with E-state index in [1.807, 2.05) is 6.07 Å². The van der Waals surface area contributed by atoms with Crippen molar-refractivity contribution in [2.45, 2.75) is 18.9 Å². The van der Waals surface area contributed by atoms with Crippen LogP contribution in [0.5, 0.6) is 0 Å². The lowest BCUT2D eigenvalue weighted by Gasteiger charge is -2.11. The lowest BCUT2D eigenvalue weighted by atomic mass is 10.1. The molecule has 0 bridgehead atoms. The fourth-order valence-electron chi connectivity index (χ4n) is 2.55. The van der Waals surface area contributed by atoms with Gasteiger partial charge in [0.25, 0.3) is 0 Å². The van der Waals surface area contributed by atoms with Crippen LogP contribution in [0.1, 0.15) is 29.2 Å². The molecule has 0 spiro atoms. The number of nitrogens with one attached hydrogen (secondary N) is 1. The first-order valence-electron chi connectivity index (χ1n) is 6.49. The third kappa shape index (κ3) is 2.30. The maximum Gasteiger partial charge on any atom is 0.0514 e. The summed E-state index contributed by atoms with van der Waals surface area (Å²) in [5.41, 5.74) is 4.18. The number of benzene rings is 2. The van der Waals surface area contributed by atoms with E-state index < -0.39 is 0 Å². The van der Waals surface area contributed by atoms with Gasteiger partial charge < -0.3 is 5.32 Å². The molecule has 0 saturated carbocycles. The van der Waals surface area contributed by atoms with Crippen LogP contribution in [0, 0.1) is 0 Å². The SMILES string of the molecule is C(=Cc1ccccc1)N[C@@H]1CCc2ccccc21. The smallest absolute Gasteiger partial charge is 0.0514 e. The largest absolute Gasteiger partial charge is 0.384 e. The van der Waals surface area contributed by atoms with E-state index in [1.54, 1.807) is 0 Å². The molecule has 2 aromatic rings. The highest BCUT2D eigenvalue weighted by Crippen LogP contribution is 2.30. The summed E-state index contributed by atoms with van der Waals surface area (Å²) < 4.78 is 0. The number of rotatable bonds is 3. The summed E-state index contributed by atoms with van der Waals surface area (Å²) in [5, 5.41) is 3.51. The summed E-state index contributed by atoms with van der Waals surface area (Å²) in [6.45, 7) is 0. The average molecular weight is 235 g/mol. The topological polar surface area (TPSA) is 12.0 Å². The molecular formula is C17H17N. The average Bonchev–Trinajstić information content (AvgIpc) is 2.84. The molecule has 2 aromatic carbocycles. The van der Waals surface area contributed by atoms with Crippen LogP contribution in [0.4, 0.5) is 0 Å². The highest BCUT2D eigenvalue weighted by atomic mass is 14.9. The molecule has 0 aliphatic heterocycles. The van der Waals surface area contributed by atoms with Gasteiger partial charge in [-0.15, -0.1) is 0 Å². The zero-order chi connectivity index (χ0) is 12.2. The van der Waals surface area contributed by atoms with Gasteiger partial charge in [0, 0.05) is 0 Å². The summed E-state index contributed by atoms with van der Waals surface area (Å²) in [6, 6.07) is 19.6. The number of hydrogen-bond acceptors (Lipinski definition) is 1. The molecule has 0 unspecified atom stereocenters. The van der Waals surface area contributed by atoms with Crippen LogP contribution in [0.25, 0.3) is 6.08 Å². The first kappa shape index (κ1) is 11.1. The highest BCUT2D eigenvalue weighted by molar-refractivity contribution is 5.48. The molecule has 0 amide bonds. The van der Waals surface area contributed by atoms with Crippen molar-refractivity contribution in [3.8, 4) is 0 Å². The third-order valence-electron chi connectivity index (χ3n) is 3.51. The minimum Gasteiger partial charge on any atom is -0.384 e. The van der Waals surface area contributed by atoms with Gasteiger partial charge in [-0.25, -0.2) is 0 Å². The van der Waals surface area contributed by atoms with Crippen molar-refractivity contribution in [2.24, 2.45) is 0 Å². The normalized spacial score (nSPS) is 17.9. The molecular weight excluding hydrogens is 218 g/mol. The molecule has 1 atom stereocenters. The Morgan fingerprint density at radius 3 is 2.61 bits per heavy atom. The summed E-state index contributed by atoms with van der Waals surface area (Å²) in [6.07, 6.45) is 6.58. The summed E-state index contributed by atoms with van der Waals surface area (Å²) in [5.74, 6) is 0. The molecule has 1 nitrogen and oxygen atoms in total. The Labute approximate surface area is 108 Å². The van der Waals surface area contributed by atoms with Crippen molar-refractivity contribution >= 4 is 6.08 Å². The number of hydrogen-bond donors (Lipinski definition) is 1. The lowest BCUT2D eigenvalue weighted by molar-refractivity contribution is 0.618.